The standard InChI is InChI=1S/C12H5F5O2/c13-6-3-5(9(15)11(17)12(6)19)4-1-2-7(18)10(16)8(4)14/h1-3,18-19H. The van der Waals surface area contributed by atoms with E-state index in [1.54, 1.807) is 0 Å². The molecule has 0 aliphatic rings. The molecular weight excluding hydrogens is 271 g/mol. The fourth-order valence-electron chi connectivity index (χ4n) is 1.53. The van der Waals surface area contributed by atoms with Gasteiger partial charge in [-0.1, -0.05) is 0 Å². The summed E-state index contributed by atoms with van der Waals surface area (Å²) in [5.41, 5.74) is -1.70. The Morgan fingerprint density at radius 1 is 0.684 bits per heavy atom. The maximum atomic E-state index is 13.5. The molecule has 0 heterocycles. The molecule has 2 aromatic carbocycles. The molecule has 2 nitrogen and oxygen atoms in total. The molecule has 7 heteroatoms. The molecule has 2 rings (SSSR count). The minimum atomic E-state index is -1.91. The van der Waals surface area contributed by atoms with Crippen molar-refractivity contribution < 1.29 is 32.2 Å². The summed E-state index contributed by atoms with van der Waals surface area (Å²) in [4.78, 5) is 0. The maximum Gasteiger partial charge on any atom is 0.204 e. The third kappa shape index (κ3) is 1.96. The van der Waals surface area contributed by atoms with Crippen LogP contribution in [0.25, 0.3) is 11.1 Å². The van der Waals surface area contributed by atoms with Gasteiger partial charge in [-0.15, -0.1) is 0 Å². The smallest absolute Gasteiger partial charge is 0.204 e. The van der Waals surface area contributed by atoms with Crippen LogP contribution in [0.5, 0.6) is 11.5 Å². The Labute approximate surface area is 103 Å². The molecule has 0 atom stereocenters. The first-order chi connectivity index (χ1) is 8.84. The number of hydrogen-bond acceptors (Lipinski definition) is 2. The molecule has 19 heavy (non-hydrogen) atoms. The van der Waals surface area contributed by atoms with Gasteiger partial charge in [-0.2, -0.15) is 8.78 Å². The molecule has 0 bridgehead atoms. The molecule has 0 saturated heterocycles. The number of phenols is 2. The van der Waals surface area contributed by atoms with Crippen molar-refractivity contribution in [3.8, 4) is 22.6 Å². The Balaban J connectivity index is 2.77. The molecule has 0 fully saturated rings. The quantitative estimate of drug-likeness (QED) is 0.618. The molecule has 2 N–H and O–H groups in total. The zero-order valence-electron chi connectivity index (χ0n) is 9.02. The molecule has 0 spiro atoms. The Morgan fingerprint density at radius 3 is 1.89 bits per heavy atom. The highest BCUT2D eigenvalue weighted by molar-refractivity contribution is 5.67. The SMILES string of the molecule is Oc1ccc(-c2cc(F)c(O)c(F)c2F)c(F)c1F. The van der Waals surface area contributed by atoms with Crippen LogP contribution in [0.1, 0.15) is 0 Å². The monoisotopic (exact) mass is 276 g/mol. The normalized spacial score (nSPS) is 10.8. The van der Waals surface area contributed by atoms with Crippen molar-refractivity contribution in [2.75, 3.05) is 0 Å². The third-order valence-electron chi connectivity index (χ3n) is 2.49. The summed E-state index contributed by atoms with van der Waals surface area (Å²) < 4.78 is 66.3. The second-order valence-electron chi connectivity index (χ2n) is 3.64. The van der Waals surface area contributed by atoms with Gasteiger partial charge in [0.1, 0.15) is 0 Å². The molecule has 0 amide bonds. The van der Waals surface area contributed by atoms with Crippen molar-refractivity contribution >= 4 is 0 Å². The van der Waals surface area contributed by atoms with Crippen molar-refractivity contribution in [2.45, 2.75) is 0 Å². The topological polar surface area (TPSA) is 40.5 Å². The van der Waals surface area contributed by atoms with E-state index >= 15 is 0 Å². The maximum absolute atomic E-state index is 13.5. The van der Waals surface area contributed by atoms with Crippen LogP contribution in [-0.4, -0.2) is 10.2 Å². The highest BCUT2D eigenvalue weighted by Gasteiger charge is 2.23. The molecule has 0 aliphatic heterocycles. The predicted molar refractivity (Wildman–Crippen MR) is 55.0 cm³/mol. The number of rotatable bonds is 1. The van der Waals surface area contributed by atoms with Crippen molar-refractivity contribution in [2.24, 2.45) is 0 Å². The second kappa shape index (κ2) is 4.42. The minimum Gasteiger partial charge on any atom is -0.505 e. The molecule has 2 aromatic rings. The lowest BCUT2D eigenvalue weighted by atomic mass is 10.0. The summed E-state index contributed by atoms with van der Waals surface area (Å²) in [6.07, 6.45) is 0. The Bertz CT molecular complexity index is 670. The summed E-state index contributed by atoms with van der Waals surface area (Å²) >= 11 is 0. The van der Waals surface area contributed by atoms with Crippen molar-refractivity contribution in [3.05, 3.63) is 47.3 Å². The van der Waals surface area contributed by atoms with Gasteiger partial charge in [-0.25, -0.2) is 13.2 Å². The van der Waals surface area contributed by atoms with Crippen LogP contribution < -0.4 is 0 Å². The lowest BCUT2D eigenvalue weighted by molar-refractivity contribution is 0.377. The van der Waals surface area contributed by atoms with E-state index in [9.17, 15) is 22.0 Å². The number of halogens is 5. The van der Waals surface area contributed by atoms with E-state index in [1.165, 1.54) is 0 Å². The average molecular weight is 276 g/mol. The Kier molecular flexibility index (Phi) is 3.05. The molecule has 0 saturated carbocycles. The van der Waals surface area contributed by atoms with Gasteiger partial charge in [0.05, 0.1) is 0 Å². The molecule has 100 valence electrons. The van der Waals surface area contributed by atoms with Crippen LogP contribution in [-0.2, 0) is 0 Å². The predicted octanol–water partition coefficient (Wildman–Crippen LogP) is 3.46. The third-order valence-corrected chi connectivity index (χ3v) is 2.49. The van der Waals surface area contributed by atoms with Crippen LogP contribution in [0, 0.1) is 29.1 Å². The van der Waals surface area contributed by atoms with Crippen LogP contribution in [0.3, 0.4) is 0 Å². The Hall–Kier alpha value is -2.31. The van der Waals surface area contributed by atoms with Crippen LogP contribution in [0.2, 0.25) is 0 Å². The van der Waals surface area contributed by atoms with E-state index in [-0.39, 0.29) is 0 Å². The summed E-state index contributed by atoms with van der Waals surface area (Å²) in [5.74, 6) is -11.1. The van der Waals surface area contributed by atoms with Gasteiger partial charge in [-0.05, 0) is 18.2 Å². The Morgan fingerprint density at radius 2 is 1.26 bits per heavy atom. The lowest BCUT2D eigenvalue weighted by Gasteiger charge is -2.09. The number of phenolic OH excluding ortho intramolecular Hbond substituents is 2. The second-order valence-corrected chi connectivity index (χ2v) is 3.64. The van der Waals surface area contributed by atoms with Gasteiger partial charge in [0.2, 0.25) is 11.6 Å². The van der Waals surface area contributed by atoms with E-state index in [2.05, 4.69) is 0 Å². The van der Waals surface area contributed by atoms with Crippen molar-refractivity contribution in [1.29, 1.82) is 0 Å². The number of aromatic hydroxyl groups is 2. The fraction of sp³-hybridized carbons (Fsp3) is 0. The van der Waals surface area contributed by atoms with Gasteiger partial charge in [0.25, 0.3) is 0 Å². The van der Waals surface area contributed by atoms with E-state index in [0.717, 1.165) is 6.07 Å². The minimum absolute atomic E-state index is 0.322. The van der Waals surface area contributed by atoms with E-state index in [0.29, 0.717) is 12.1 Å². The van der Waals surface area contributed by atoms with Crippen molar-refractivity contribution in [1.82, 2.24) is 0 Å². The van der Waals surface area contributed by atoms with Gasteiger partial charge in [0, 0.05) is 11.1 Å². The largest absolute Gasteiger partial charge is 0.505 e. The van der Waals surface area contributed by atoms with E-state index < -0.39 is 51.7 Å². The molecule has 0 radical (unpaired) electrons. The van der Waals surface area contributed by atoms with Gasteiger partial charge in [0.15, 0.2) is 29.0 Å². The molecular formula is C12H5F5O2. The van der Waals surface area contributed by atoms with Crippen LogP contribution in [0.4, 0.5) is 22.0 Å². The zero-order valence-corrected chi connectivity index (χ0v) is 9.02. The first kappa shape index (κ1) is 13.1. The van der Waals surface area contributed by atoms with Gasteiger partial charge in [-0.3, -0.25) is 0 Å². The lowest BCUT2D eigenvalue weighted by Crippen LogP contribution is -1.97. The average Bonchev–Trinajstić information content (AvgIpc) is 2.39. The van der Waals surface area contributed by atoms with E-state index in [4.69, 9.17) is 10.2 Å². The molecule has 0 aliphatic carbocycles. The molecule has 0 unspecified atom stereocenters. The number of benzene rings is 2. The van der Waals surface area contributed by atoms with Crippen LogP contribution in [0.15, 0.2) is 18.2 Å². The highest BCUT2D eigenvalue weighted by Crippen LogP contribution is 2.35. The van der Waals surface area contributed by atoms with Crippen molar-refractivity contribution in [3.63, 3.8) is 0 Å². The van der Waals surface area contributed by atoms with Gasteiger partial charge >= 0.3 is 0 Å². The summed E-state index contributed by atoms with van der Waals surface area (Å²) in [5, 5.41) is 17.7. The van der Waals surface area contributed by atoms with E-state index in [1.807, 2.05) is 0 Å². The van der Waals surface area contributed by atoms with Crippen LogP contribution >= 0.6 is 0 Å². The zero-order chi connectivity index (χ0) is 14.3. The first-order valence-corrected chi connectivity index (χ1v) is 4.88. The molecule has 0 aromatic heterocycles. The summed E-state index contributed by atoms with van der Waals surface area (Å²) in [6, 6.07) is 1.78. The fourth-order valence-corrected chi connectivity index (χ4v) is 1.53. The van der Waals surface area contributed by atoms with Gasteiger partial charge < -0.3 is 10.2 Å². The highest BCUT2D eigenvalue weighted by atomic mass is 19.2. The number of hydrogen-bond donors (Lipinski definition) is 2. The first-order valence-electron chi connectivity index (χ1n) is 4.88. The summed E-state index contributed by atoms with van der Waals surface area (Å²) in [7, 11) is 0. The summed E-state index contributed by atoms with van der Waals surface area (Å²) in [6.45, 7) is 0.